The molecule has 2 aromatic carbocycles. The quantitative estimate of drug-likeness (QED) is 0.302. The summed E-state index contributed by atoms with van der Waals surface area (Å²) in [6.07, 6.45) is 2.76. The Bertz CT molecular complexity index is 1130. The normalized spacial score (nSPS) is 23.0. The van der Waals surface area contributed by atoms with E-state index >= 15 is 0 Å². The van der Waals surface area contributed by atoms with Gasteiger partial charge in [0.25, 0.3) is 0 Å². The molecule has 1 amide bonds. The summed E-state index contributed by atoms with van der Waals surface area (Å²) in [7, 11) is 0. The first-order valence-corrected chi connectivity index (χ1v) is 14.6. The van der Waals surface area contributed by atoms with Crippen molar-refractivity contribution >= 4 is 46.7 Å². The minimum absolute atomic E-state index is 0.0225. The Balaban J connectivity index is 1.50. The van der Waals surface area contributed by atoms with Gasteiger partial charge in [-0.15, -0.1) is 18.3 Å². The number of aryl methyl sites for hydroxylation is 1. The summed E-state index contributed by atoms with van der Waals surface area (Å²) in [5.41, 5.74) is 8.19. The van der Waals surface area contributed by atoms with E-state index in [1.165, 1.54) is 4.90 Å². The molecule has 2 N–H and O–H groups in total. The van der Waals surface area contributed by atoms with Crippen molar-refractivity contribution in [2.45, 2.75) is 68.1 Å². The minimum Gasteiger partial charge on any atom is -0.331 e. The Hall–Kier alpha value is -1.83. The predicted octanol–water partition coefficient (Wildman–Crippen LogP) is 5.62. The molecular weight excluding hydrogens is 525 g/mol. The van der Waals surface area contributed by atoms with E-state index in [2.05, 4.69) is 23.6 Å². The molecule has 0 radical (unpaired) electrons. The Labute approximate surface area is 234 Å². The van der Waals surface area contributed by atoms with Gasteiger partial charge in [-0.1, -0.05) is 53.0 Å². The van der Waals surface area contributed by atoms with Gasteiger partial charge in [0.2, 0.25) is 5.91 Å². The van der Waals surface area contributed by atoms with E-state index in [0.717, 1.165) is 23.3 Å². The largest absolute Gasteiger partial charge is 0.331 e. The van der Waals surface area contributed by atoms with Crippen LogP contribution in [0.1, 0.15) is 38.2 Å². The second-order valence-electron chi connectivity index (χ2n) is 10.2. The van der Waals surface area contributed by atoms with Crippen LogP contribution in [-0.4, -0.2) is 64.5 Å². The van der Waals surface area contributed by atoms with E-state index in [0.29, 0.717) is 48.8 Å². The topological polar surface area (TPSA) is 66.6 Å². The van der Waals surface area contributed by atoms with Crippen LogP contribution >= 0.6 is 35.0 Å². The SMILES string of the molecule is C=C(C)C[C@H](C(=O)CCc1ccc(Cl)c(Cl)c1)N1CCC(CSc2ccccc2)N2C[C@H](N)C[C@H]2C1=O. The van der Waals surface area contributed by atoms with Crippen molar-refractivity contribution in [2.24, 2.45) is 5.73 Å². The summed E-state index contributed by atoms with van der Waals surface area (Å²) in [6, 6.07) is 15.1. The highest BCUT2D eigenvalue weighted by molar-refractivity contribution is 7.99. The standard InChI is InChI=1S/C29H35Cl2N3O2S/c1-19(2)14-26(28(35)11-9-20-8-10-24(30)25(31)15-20)33-13-12-22(18-37-23-6-4-3-5-7-23)34-17-21(32)16-27(34)29(33)36/h3-8,10,15,21-22,26-27H,1,9,11-14,16-18,32H2,2H3/t21-,22?,26-,27+/m1/s1. The van der Waals surface area contributed by atoms with Crippen LogP contribution in [-0.2, 0) is 16.0 Å². The second-order valence-corrected chi connectivity index (χ2v) is 12.1. The third-order valence-corrected chi connectivity index (χ3v) is 9.13. The lowest BCUT2D eigenvalue weighted by Gasteiger charge is -2.32. The molecule has 5 nitrogen and oxygen atoms in total. The number of thioether (sulfide) groups is 1. The molecule has 0 spiro atoms. The molecule has 0 aromatic heterocycles. The number of hydrogen-bond acceptors (Lipinski definition) is 5. The third-order valence-electron chi connectivity index (χ3n) is 7.23. The summed E-state index contributed by atoms with van der Waals surface area (Å²) in [5.74, 6) is 0.952. The Morgan fingerprint density at radius 1 is 1.19 bits per heavy atom. The minimum atomic E-state index is -0.521. The van der Waals surface area contributed by atoms with Crippen LogP contribution in [0.15, 0.2) is 65.6 Å². The van der Waals surface area contributed by atoms with Gasteiger partial charge >= 0.3 is 0 Å². The smallest absolute Gasteiger partial charge is 0.240 e. The maximum atomic E-state index is 13.9. The molecule has 2 fully saturated rings. The van der Waals surface area contributed by atoms with E-state index < -0.39 is 6.04 Å². The Morgan fingerprint density at radius 3 is 2.65 bits per heavy atom. The fraction of sp³-hybridized carbons (Fsp3) is 0.448. The Morgan fingerprint density at radius 2 is 1.95 bits per heavy atom. The van der Waals surface area contributed by atoms with Crippen LogP contribution in [0.2, 0.25) is 10.0 Å². The van der Waals surface area contributed by atoms with E-state index in [4.69, 9.17) is 28.9 Å². The van der Waals surface area contributed by atoms with Crippen molar-refractivity contribution in [2.75, 3.05) is 18.8 Å². The van der Waals surface area contributed by atoms with Gasteiger partial charge in [-0.3, -0.25) is 14.5 Å². The number of halogens is 2. The fourth-order valence-electron chi connectivity index (χ4n) is 5.35. The van der Waals surface area contributed by atoms with Gasteiger partial charge in [0.05, 0.1) is 22.1 Å². The van der Waals surface area contributed by atoms with Gasteiger partial charge < -0.3 is 10.6 Å². The molecule has 2 saturated heterocycles. The van der Waals surface area contributed by atoms with Crippen molar-refractivity contribution in [3.05, 3.63) is 76.3 Å². The number of benzene rings is 2. The molecule has 0 aliphatic carbocycles. The highest BCUT2D eigenvalue weighted by atomic mass is 35.5. The highest BCUT2D eigenvalue weighted by Crippen LogP contribution is 2.32. The number of amides is 1. The third kappa shape index (κ3) is 7.18. The lowest BCUT2D eigenvalue weighted by atomic mass is 9.96. The lowest BCUT2D eigenvalue weighted by Crippen LogP contribution is -2.50. The average Bonchev–Trinajstić information content (AvgIpc) is 3.22. The number of nitrogens with two attached hydrogens (primary N) is 1. The van der Waals surface area contributed by atoms with Crippen molar-refractivity contribution in [3.8, 4) is 0 Å². The van der Waals surface area contributed by atoms with Crippen molar-refractivity contribution in [1.82, 2.24) is 9.80 Å². The number of fused-ring (bicyclic) bond motifs is 1. The van der Waals surface area contributed by atoms with Gasteiger partial charge in [0.1, 0.15) is 0 Å². The molecule has 1 unspecified atom stereocenters. The van der Waals surface area contributed by atoms with Crippen molar-refractivity contribution in [3.63, 3.8) is 0 Å². The van der Waals surface area contributed by atoms with Crippen LogP contribution in [0.5, 0.6) is 0 Å². The fourth-order valence-corrected chi connectivity index (χ4v) is 6.76. The summed E-state index contributed by atoms with van der Waals surface area (Å²) in [5, 5.41) is 0.969. The molecule has 2 aromatic rings. The first-order valence-electron chi connectivity index (χ1n) is 12.8. The maximum absolute atomic E-state index is 13.9. The molecule has 4 atom stereocenters. The monoisotopic (exact) mass is 559 g/mol. The number of rotatable bonds is 10. The summed E-state index contributed by atoms with van der Waals surface area (Å²) >= 11 is 14.0. The zero-order valence-electron chi connectivity index (χ0n) is 21.2. The van der Waals surface area contributed by atoms with Crippen LogP contribution < -0.4 is 5.73 Å². The number of carbonyl (C=O) groups is 2. The molecule has 0 bridgehead atoms. The molecule has 2 heterocycles. The van der Waals surface area contributed by atoms with E-state index in [1.54, 1.807) is 12.1 Å². The van der Waals surface area contributed by atoms with E-state index in [-0.39, 0.29) is 29.8 Å². The van der Waals surface area contributed by atoms with E-state index in [9.17, 15) is 9.59 Å². The maximum Gasteiger partial charge on any atom is 0.240 e. The number of carbonyl (C=O) groups excluding carboxylic acids is 2. The zero-order valence-corrected chi connectivity index (χ0v) is 23.6. The summed E-state index contributed by atoms with van der Waals surface area (Å²) < 4.78 is 0. The highest BCUT2D eigenvalue weighted by Gasteiger charge is 2.45. The van der Waals surface area contributed by atoms with Crippen LogP contribution in [0.25, 0.3) is 0 Å². The second kappa shape index (κ2) is 12.8. The van der Waals surface area contributed by atoms with Gasteiger partial charge in [-0.2, -0.15) is 0 Å². The summed E-state index contributed by atoms with van der Waals surface area (Å²) in [6.45, 7) is 7.24. The molecule has 2 aliphatic heterocycles. The predicted molar refractivity (Wildman–Crippen MR) is 153 cm³/mol. The van der Waals surface area contributed by atoms with Crippen molar-refractivity contribution in [1.29, 1.82) is 0 Å². The molecule has 0 saturated carbocycles. The van der Waals surface area contributed by atoms with Crippen LogP contribution in [0.4, 0.5) is 0 Å². The molecular formula is C29H35Cl2N3O2S. The number of ketones is 1. The number of nitrogens with zero attached hydrogens (tertiary/aromatic N) is 2. The molecule has 8 heteroatoms. The summed E-state index contributed by atoms with van der Waals surface area (Å²) in [4.78, 5) is 32.8. The first kappa shape index (κ1) is 28.2. The zero-order chi connectivity index (χ0) is 26.5. The van der Waals surface area contributed by atoms with Crippen molar-refractivity contribution < 1.29 is 9.59 Å². The van der Waals surface area contributed by atoms with Gasteiger partial charge in [0, 0.05) is 42.2 Å². The van der Waals surface area contributed by atoms with Gasteiger partial charge in [-0.05, 0) is 62.4 Å². The van der Waals surface area contributed by atoms with Crippen LogP contribution in [0, 0.1) is 0 Å². The average molecular weight is 561 g/mol. The number of hydrogen-bond donors (Lipinski definition) is 1. The molecule has 198 valence electrons. The lowest BCUT2D eigenvalue weighted by molar-refractivity contribution is -0.142. The Kier molecular flexibility index (Phi) is 9.76. The number of Topliss-reactive ketones (excluding diaryl/α,β-unsaturated/α-hetero) is 1. The van der Waals surface area contributed by atoms with Gasteiger partial charge in [0.15, 0.2) is 5.78 Å². The molecule has 37 heavy (non-hydrogen) atoms. The first-order chi connectivity index (χ1) is 17.7. The molecule has 4 rings (SSSR count). The molecule has 2 aliphatic rings. The van der Waals surface area contributed by atoms with Crippen LogP contribution in [0.3, 0.4) is 0 Å². The van der Waals surface area contributed by atoms with E-state index in [1.807, 2.05) is 47.9 Å². The van der Waals surface area contributed by atoms with Gasteiger partial charge in [-0.25, -0.2) is 0 Å².